The first-order valence-corrected chi connectivity index (χ1v) is 5.70. The van der Waals surface area contributed by atoms with E-state index in [1.54, 1.807) is 12.3 Å². The molecule has 0 aliphatic heterocycles. The summed E-state index contributed by atoms with van der Waals surface area (Å²) in [4.78, 5) is 15.8. The number of anilines is 1. The summed E-state index contributed by atoms with van der Waals surface area (Å²) in [5.41, 5.74) is 0.668. The molecule has 1 aromatic rings. The molecule has 1 amide bonds. The molecule has 16 heavy (non-hydrogen) atoms. The van der Waals surface area contributed by atoms with Gasteiger partial charge in [0.25, 0.3) is 0 Å². The maximum Gasteiger partial charge on any atom is 0.237 e. The summed E-state index contributed by atoms with van der Waals surface area (Å²) in [7, 11) is 0. The lowest BCUT2D eigenvalue weighted by Gasteiger charge is -2.24. The predicted octanol–water partition coefficient (Wildman–Crippen LogP) is 2.22. The van der Waals surface area contributed by atoms with E-state index in [9.17, 15) is 4.79 Å². The molecule has 2 rings (SSSR count). The lowest BCUT2D eigenvalue weighted by molar-refractivity contribution is -0.122. The topological polar surface area (TPSA) is 51.2 Å². The van der Waals surface area contributed by atoms with E-state index < -0.39 is 0 Å². The zero-order valence-corrected chi connectivity index (χ0v) is 9.40. The number of hydrogen-bond donors (Lipinski definition) is 1. The zero-order chi connectivity index (χ0) is 11.4. The molecule has 0 aromatic carbocycles. The molecular formula is C12H16N2O2. The molecule has 0 atom stereocenters. The highest BCUT2D eigenvalue weighted by atomic mass is 16.5. The van der Waals surface area contributed by atoms with Crippen molar-refractivity contribution in [3.05, 3.63) is 18.3 Å². The fraction of sp³-hybridized carbons (Fsp3) is 0.500. The Morgan fingerprint density at radius 1 is 1.62 bits per heavy atom. The minimum atomic E-state index is 0.0835. The number of aromatic nitrogens is 1. The van der Waals surface area contributed by atoms with Crippen molar-refractivity contribution in [1.82, 2.24) is 4.98 Å². The van der Waals surface area contributed by atoms with Gasteiger partial charge < -0.3 is 10.1 Å². The van der Waals surface area contributed by atoms with E-state index in [0.717, 1.165) is 19.3 Å². The molecule has 86 valence electrons. The van der Waals surface area contributed by atoms with Crippen LogP contribution >= 0.6 is 0 Å². The third-order valence-electron chi connectivity index (χ3n) is 2.79. The van der Waals surface area contributed by atoms with Crippen molar-refractivity contribution in [3.63, 3.8) is 0 Å². The number of carbonyl (C=O) groups excluding carboxylic acids is 1. The number of ether oxygens (including phenoxy) is 1. The lowest BCUT2D eigenvalue weighted by atomic mass is 9.85. The van der Waals surface area contributed by atoms with Crippen molar-refractivity contribution in [3.8, 4) is 5.88 Å². The Labute approximate surface area is 95.0 Å². The Morgan fingerprint density at radius 2 is 2.44 bits per heavy atom. The van der Waals surface area contributed by atoms with Gasteiger partial charge in [0.2, 0.25) is 11.8 Å². The third kappa shape index (κ3) is 2.32. The second kappa shape index (κ2) is 4.96. The summed E-state index contributed by atoms with van der Waals surface area (Å²) in [6.45, 7) is 2.44. The fourth-order valence-corrected chi connectivity index (χ4v) is 1.64. The highest BCUT2D eigenvalue weighted by molar-refractivity contribution is 5.94. The molecule has 1 aliphatic rings. The van der Waals surface area contributed by atoms with Crippen LogP contribution in [0.2, 0.25) is 0 Å². The first-order valence-electron chi connectivity index (χ1n) is 5.70. The molecule has 1 fully saturated rings. The Bertz CT molecular complexity index is 375. The Hall–Kier alpha value is -1.58. The third-order valence-corrected chi connectivity index (χ3v) is 2.79. The van der Waals surface area contributed by atoms with Crippen LogP contribution in [0.4, 0.5) is 5.69 Å². The van der Waals surface area contributed by atoms with E-state index in [4.69, 9.17) is 4.74 Å². The van der Waals surface area contributed by atoms with Gasteiger partial charge >= 0.3 is 0 Å². The largest absolute Gasteiger partial charge is 0.476 e. The summed E-state index contributed by atoms with van der Waals surface area (Å²) in [5, 5.41) is 2.87. The van der Waals surface area contributed by atoms with E-state index in [0.29, 0.717) is 18.2 Å². The number of hydrogen-bond acceptors (Lipinski definition) is 3. The number of nitrogens with one attached hydrogen (secondary N) is 1. The summed E-state index contributed by atoms with van der Waals surface area (Å²) < 4.78 is 5.34. The minimum Gasteiger partial charge on any atom is -0.476 e. The van der Waals surface area contributed by atoms with Crippen LogP contribution in [0.3, 0.4) is 0 Å². The van der Waals surface area contributed by atoms with Gasteiger partial charge in [-0.25, -0.2) is 4.98 Å². The second-order valence-corrected chi connectivity index (χ2v) is 3.91. The van der Waals surface area contributed by atoms with Gasteiger partial charge in [0, 0.05) is 12.1 Å². The van der Waals surface area contributed by atoms with Crippen LogP contribution in [0.25, 0.3) is 0 Å². The Kier molecular flexibility index (Phi) is 3.39. The predicted molar refractivity (Wildman–Crippen MR) is 61.4 cm³/mol. The molecule has 1 N–H and O–H groups in total. The molecule has 1 saturated carbocycles. The molecular weight excluding hydrogens is 204 g/mol. The van der Waals surface area contributed by atoms with Crippen LogP contribution in [-0.4, -0.2) is 17.5 Å². The van der Waals surface area contributed by atoms with Crippen LogP contribution in [0, 0.1) is 5.92 Å². The molecule has 0 bridgehead atoms. The lowest BCUT2D eigenvalue weighted by Crippen LogP contribution is -2.28. The van der Waals surface area contributed by atoms with Crippen LogP contribution in [0.1, 0.15) is 26.2 Å². The Morgan fingerprint density at radius 3 is 3.06 bits per heavy atom. The van der Waals surface area contributed by atoms with Gasteiger partial charge in [-0.05, 0) is 31.9 Å². The molecule has 0 saturated heterocycles. The number of pyridine rings is 1. The van der Waals surface area contributed by atoms with E-state index in [-0.39, 0.29) is 11.8 Å². The van der Waals surface area contributed by atoms with Crippen molar-refractivity contribution in [2.45, 2.75) is 26.2 Å². The highest BCUT2D eigenvalue weighted by Gasteiger charge is 2.25. The SMILES string of the molecule is CCOc1ncccc1NC(=O)C1CCC1. The summed E-state index contributed by atoms with van der Waals surface area (Å²) in [6, 6.07) is 3.60. The first-order chi connectivity index (χ1) is 7.81. The van der Waals surface area contributed by atoms with E-state index in [2.05, 4.69) is 10.3 Å². The van der Waals surface area contributed by atoms with Crippen molar-refractivity contribution in [2.24, 2.45) is 5.92 Å². The van der Waals surface area contributed by atoms with E-state index >= 15 is 0 Å². The zero-order valence-electron chi connectivity index (χ0n) is 9.40. The summed E-state index contributed by atoms with van der Waals surface area (Å²) >= 11 is 0. The molecule has 1 aromatic heterocycles. The van der Waals surface area contributed by atoms with Gasteiger partial charge in [-0.2, -0.15) is 0 Å². The van der Waals surface area contributed by atoms with Gasteiger partial charge in [0.1, 0.15) is 5.69 Å². The number of nitrogens with zero attached hydrogens (tertiary/aromatic N) is 1. The smallest absolute Gasteiger partial charge is 0.237 e. The molecule has 0 unspecified atom stereocenters. The summed E-state index contributed by atoms with van der Waals surface area (Å²) in [6.07, 6.45) is 4.81. The number of amides is 1. The fourth-order valence-electron chi connectivity index (χ4n) is 1.64. The van der Waals surface area contributed by atoms with E-state index in [1.165, 1.54) is 0 Å². The molecule has 1 heterocycles. The quantitative estimate of drug-likeness (QED) is 0.846. The van der Waals surface area contributed by atoms with Crippen molar-refractivity contribution in [2.75, 3.05) is 11.9 Å². The summed E-state index contributed by atoms with van der Waals surface area (Å²) in [5.74, 6) is 0.757. The second-order valence-electron chi connectivity index (χ2n) is 3.91. The molecule has 1 aliphatic carbocycles. The van der Waals surface area contributed by atoms with Gasteiger partial charge in [0.05, 0.1) is 6.61 Å². The standard InChI is InChI=1S/C12H16N2O2/c1-2-16-12-10(7-4-8-13-12)14-11(15)9-5-3-6-9/h4,7-9H,2-3,5-6H2,1H3,(H,14,15). The maximum atomic E-state index is 11.8. The van der Waals surface area contributed by atoms with Crippen LogP contribution in [-0.2, 0) is 4.79 Å². The Balaban J connectivity index is 2.04. The molecule has 0 radical (unpaired) electrons. The molecule has 4 nitrogen and oxygen atoms in total. The first kappa shape index (κ1) is 10.9. The normalized spacial score (nSPS) is 15.3. The van der Waals surface area contributed by atoms with E-state index in [1.807, 2.05) is 13.0 Å². The van der Waals surface area contributed by atoms with Crippen LogP contribution in [0.15, 0.2) is 18.3 Å². The van der Waals surface area contributed by atoms with Crippen LogP contribution in [0.5, 0.6) is 5.88 Å². The average Bonchev–Trinajstić information content (AvgIpc) is 2.18. The maximum absolute atomic E-state index is 11.8. The number of carbonyl (C=O) groups is 1. The van der Waals surface area contributed by atoms with Crippen molar-refractivity contribution < 1.29 is 9.53 Å². The molecule has 0 spiro atoms. The average molecular weight is 220 g/mol. The highest BCUT2D eigenvalue weighted by Crippen LogP contribution is 2.29. The van der Waals surface area contributed by atoms with Gasteiger partial charge in [-0.15, -0.1) is 0 Å². The van der Waals surface area contributed by atoms with Crippen LogP contribution < -0.4 is 10.1 Å². The van der Waals surface area contributed by atoms with Crippen molar-refractivity contribution in [1.29, 1.82) is 0 Å². The number of rotatable bonds is 4. The minimum absolute atomic E-state index is 0.0835. The molecule has 4 heteroatoms. The monoisotopic (exact) mass is 220 g/mol. The van der Waals surface area contributed by atoms with Gasteiger partial charge in [-0.3, -0.25) is 4.79 Å². The van der Waals surface area contributed by atoms with Gasteiger partial charge in [0.15, 0.2) is 0 Å². The van der Waals surface area contributed by atoms with Crippen molar-refractivity contribution >= 4 is 11.6 Å². The van der Waals surface area contributed by atoms with Gasteiger partial charge in [-0.1, -0.05) is 6.42 Å².